The zero-order valence-electron chi connectivity index (χ0n) is 15.4. The molecule has 0 aliphatic heterocycles. The fraction of sp³-hybridized carbons (Fsp3) is 0.286. The normalized spacial score (nSPS) is 14.7. The Kier molecular flexibility index (Phi) is 4.20. The van der Waals surface area contributed by atoms with Crippen LogP contribution >= 0.6 is 0 Å². The number of hydrogen-bond acceptors (Lipinski definition) is 5. The molecule has 28 heavy (non-hydrogen) atoms. The van der Waals surface area contributed by atoms with Gasteiger partial charge in [-0.1, -0.05) is 18.9 Å². The van der Waals surface area contributed by atoms with Crippen LogP contribution in [0.1, 0.15) is 47.6 Å². The Bertz CT molecular complexity index is 1150. The van der Waals surface area contributed by atoms with Gasteiger partial charge in [-0.05, 0) is 42.7 Å². The first-order chi connectivity index (χ1) is 13.8. The van der Waals surface area contributed by atoms with Gasteiger partial charge in [0.1, 0.15) is 0 Å². The van der Waals surface area contributed by atoms with Gasteiger partial charge in [0.05, 0.1) is 17.4 Å². The van der Waals surface area contributed by atoms with E-state index in [0.717, 1.165) is 34.8 Å². The van der Waals surface area contributed by atoms with Crippen LogP contribution in [-0.4, -0.2) is 30.6 Å². The first kappa shape index (κ1) is 16.8. The monoisotopic (exact) mass is 372 g/mol. The highest BCUT2D eigenvalue weighted by molar-refractivity contribution is 6.05. The molecule has 1 aromatic carbocycles. The standard InChI is InChI=1S/C21H20N6O/c28-21(23-12-14-4-3-9-22-11-14)15-7-8-18-17(10-15)19-20(26-25-18)24-13-27(19)16-5-1-2-6-16/h3-4,7-11,13,16H,1-2,5-6,12H2,(H,23,28). The molecule has 1 amide bonds. The Morgan fingerprint density at radius 2 is 2.07 bits per heavy atom. The van der Waals surface area contributed by atoms with Gasteiger partial charge in [-0.15, -0.1) is 10.2 Å². The van der Waals surface area contributed by atoms with Crippen LogP contribution in [0.2, 0.25) is 0 Å². The molecule has 5 rings (SSSR count). The van der Waals surface area contributed by atoms with E-state index < -0.39 is 0 Å². The lowest BCUT2D eigenvalue weighted by molar-refractivity contribution is 0.0951. The molecule has 4 aromatic rings. The van der Waals surface area contributed by atoms with E-state index in [9.17, 15) is 4.79 Å². The van der Waals surface area contributed by atoms with Gasteiger partial charge in [0.25, 0.3) is 5.91 Å². The van der Waals surface area contributed by atoms with Crippen molar-refractivity contribution in [2.45, 2.75) is 38.3 Å². The zero-order chi connectivity index (χ0) is 18.9. The van der Waals surface area contributed by atoms with Crippen molar-refractivity contribution in [1.29, 1.82) is 0 Å². The third-order valence-electron chi connectivity index (χ3n) is 5.43. The SMILES string of the molecule is O=C(NCc1cccnc1)c1ccc2nnc3ncn(C4CCCC4)c3c2c1. The van der Waals surface area contributed by atoms with Crippen LogP contribution in [0, 0.1) is 0 Å². The Hall–Kier alpha value is -3.35. The number of hydrogen-bond donors (Lipinski definition) is 1. The maximum absolute atomic E-state index is 12.7. The quantitative estimate of drug-likeness (QED) is 0.593. The molecule has 1 N–H and O–H groups in total. The molecule has 0 atom stereocenters. The van der Waals surface area contributed by atoms with Crippen molar-refractivity contribution in [2.75, 3.05) is 0 Å². The topological polar surface area (TPSA) is 85.6 Å². The number of nitrogens with zero attached hydrogens (tertiary/aromatic N) is 5. The number of aromatic nitrogens is 5. The maximum Gasteiger partial charge on any atom is 0.251 e. The van der Waals surface area contributed by atoms with E-state index in [2.05, 4.69) is 30.0 Å². The van der Waals surface area contributed by atoms with Crippen molar-refractivity contribution < 1.29 is 4.79 Å². The number of pyridine rings is 1. The van der Waals surface area contributed by atoms with Gasteiger partial charge in [-0.3, -0.25) is 9.78 Å². The number of carbonyl (C=O) groups excluding carboxylic acids is 1. The third-order valence-corrected chi connectivity index (χ3v) is 5.43. The van der Waals surface area contributed by atoms with Gasteiger partial charge < -0.3 is 9.88 Å². The Labute approximate surface area is 161 Å². The minimum atomic E-state index is -0.123. The second-order valence-electron chi connectivity index (χ2n) is 7.24. The van der Waals surface area contributed by atoms with Gasteiger partial charge in [0.15, 0.2) is 0 Å². The maximum atomic E-state index is 12.7. The van der Waals surface area contributed by atoms with Crippen molar-refractivity contribution >= 4 is 28.0 Å². The first-order valence-corrected chi connectivity index (χ1v) is 9.60. The first-order valence-electron chi connectivity index (χ1n) is 9.60. The number of rotatable bonds is 4. The number of fused-ring (bicyclic) bond motifs is 3. The molecule has 7 nitrogen and oxygen atoms in total. The van der Waals surface area contributed by atoms with E-state index in [1.165, 1.54) is 12.8 Å². The van der Waals surface area contributed by atoms with Gasteiger partial charge >= 0.3 is 0 Å². The molecule has 140 valence electrons. The van der Waals surface area contributed by atoms with Gasteiger partial charge in [-0.25, -0.2) is 4.98 Å². The number of nitrogens with one attached hydrogen (secondary N) is 1. The van der Waals surface area contributed by atoms with Gasteiger partial charge in [0, 0.05) is 35.9 Å². The molecule has 1 aliphatic rings. The third kappa shape index (κ3) is 2.98. The molecule has 7 heteroatoms. The summed E-state index contributed by atoms with van der Waals surface area (Å²) in [4.78, 5) is 21.2. The van der Waals surface area contributed by atoms with Crippen molar-refractivity contribution in [2.24, 2.45) is 0 Å². The van der Waals surface area contributed by atoms with Gasteiger partial charge in [0.2, 0.25) is 5.65 Å². The highest BCUT2D eigenvalue weighted by atomic mass is 16.1. The van der Waals surface area contributed by atoms with E-state index in [1.807, 2.05) is 30.6 Å². The van der Waals surface area contributed by atoms with Crippen LogP contribution in [0.5, 0.6) is 0 Å². The summed E-state index contributed by atoms with van der Waals surface area (Å²) in [5, 5.41) is 12.4. The lowest BCUT2D eigenvalue weighted by atomic mass is 10.1. The van der Waals surface area contributed by atoms with Crippen LogP contribution in [0.25, 0.3) is 22.1 Å². The summed E-state index contributed by atoms with van der Waals surface area (Å²) in [7, 11) is 0. The summed E-state index contributed by atoms with van der Waals surface area (Å²) >= 11 is 0. The van der Waals surface area contributed by atoms with Gasteiger partial charge in [-0.2, -0.15) is 0 Å². The molecule has 0 spiro atoms. The van der Waals surface area contributed by atoms with Crippen LogP contribution < -0.4 is 5.32 Å². The molecular formula is C21H20N6O. The molecule has 1 fully saturated rings. The average Bonchev–Trinajstić information content (AvgIpc) is 3.42. The van der Waals surface area contributed by atoms with Crippen molar-refractivity contribution in [3.8, 4) is 0 Å². The van der Waals surface area contributed by atoms with Crippen molar-refractivity contribution in [3.63, 3.8) is 0 Å². The van der Waals surface area contributed by atoms with Crippen molar-refractivity contribution in [3.05, 3.63) is 60.2 Å². The average molecular weight is 372 g/mol. The summed E-state index contributed by atoms with van der Waals surface area (Å²) in [5.41, 5.74) is 3.94. The molecule has 0 saturated heterocycles. The van der Waals surface area contributed by atoms with E-state index in [0.29, 0.717) is 23.8 Å². The molecule has 3 aromatic heterocycles. The fourth-order valence-corrected chi connectivity index (χ4v) is 3.99. The second-order valence-corrected chi connectivity index (χ2v) is 7.24. The van der Waals surface area contributed by atoms with E-state index in [4.69, 9.17) is 0 Å². The minimum absolute atomic E-state index is 0.123. The lowest BCUT2D eigenvalue weighted by Gasteiger charge is -2.13. The molecule has 0 unspecified atom stereocenters. The number of imidazole rings is 1. The largest absolute Gasteiger partial charge is 0.348 e. The Morgan fingerprint density at radius 1 is 1.18 bits per heavy atom. The van der Waals surface area contributed by atoms with E-state index in [1.54, 1.807) is 18.5 Å². The predicted octanol–water partition coefficient (Wildman–Crippen LogP) is 3.42. The second kappa shape index (κ2) is 6.99. The minimum Gasteiger partial charge on any atom is -0.348 e. The molecule has 1 aliphatic carbocycles. The fourth-order valence-electron chi connectivity index (χ4n) is 3.99. The van der Waals surface area contributed by atoms with Crippen LogP contribution in [-0.2, 0) is 6.54 Å². The summed E-state index contributed by atoms with van der Waals surface area (Å²) in [6.07, 6.45) is 10.1. The summed E-state index contributed by atoms with van der Waals surface area (Å²) < 4.78 is 2.22. The highest BCUT2D eigenvalue weighted by Gasteiger charge is 2.21. The van der Waals surface area contributed by atoms with Crippen LogP contribution in [0.15, 0.2) is 49.1 Å². The van der Waals surface area contributed by atoms with Crippen molar-refractivity contribution in [1.82, 2.24) is 30.0 Å². The molecule has 1 saturated carbocycles. The van der Waals surface area contributed by atoms with Crippen LogP contribution in [0.3, 0.4) is 0 Å². The smallest absolute Gasteiger partial charge is 0.251 e. The zero-order valence-corrected chi connectivity index (χ0v) is 15.4. The summed E-state index contributed by atoms with van der Waals surface area (Å²) in [6.45, 7) is 0.439. The summed E-state index contributed by atoms with van der Waals surface area (Å²) in [6, 6.07) is 9.78. The number of benzene rings is 1. The number of carbonyl (C=O) groups is 1. The lowest BCUT2D eigenvalue weighted by Crippen LogP contribution is -2.22. The van der Waals surface area contributed by atoms with Crippen LogP contribution in [0.4, 0.5) is 0 Å². The molecule has 0 bridgehead atoms. The van der Waals surface area contributed by atoms with E-state index >= 15 is 0 Å². The Morgan fingerprint density at radius 3 is 2.89 bits per heavy atom. The predicted molar refractivity (Wildman–Crippen MR) is 106 cm³/mol. The Balaban J connectivity index is 1.51. The molecular weight excluding hydrogens is 352 g/mol. The summed E-state index contributed by atoms with van der Waals surface area (Å²) in [5.74, 6) is -0.123. The molecule has 0 radical (unpaired) electrons. The highest BCUT2D eigenvalue weighted by Crippen LogP contribution is 2.33. The molecule has 3 heterocycles. The van der Waals surface area contributed by atoms with E-state index in [-0.39, 0.29) is 5.91 Å². The number of amides is 1.